The topological polar surface area (TPSA) is 49.6 Å². The van der Waals surface area contributed by atoms with Gasteiger partial charge in [-0.1, -0.05) is 11.6 Å². The standard InChI is InChI=1S/C11H6ClN3/c12-9-5-10(11(6-13)15-7-9)8-1-3-14-4-2-8/h1-5,7H. The summed E-state index contributed by atoms with van der Waals surface area (Å²) in [5, 5.41) is 9.41. The summed E-state index contributed by atoms with van der Waals surface area (Å²) >= 11 is 5.84. The molecule has 0 saturated carbocycles. The Bertz CT molecular complexity index is 517. The van der Waals surface area contributed by atoms with Crippen LogP contribution in [0.4, 0.5) is 0 Å². The molecule has 0 radical (unpaired) electrons. The fourth-order valence-corrected chi connectivity index (χ4v) is 1.44. The highest BCUT2D eigenvalue weighted by atomic mass is 35.5. The molecule has 0 aromatic carbocycles. The van der Waals surface area contributed by atoms with Gasteiger partial charge in [-0.15, -0.1) is 0 Å². The van der Waals surface area contributed by atoms with Crippen molar-refractivity contribution in [3.8, 4) is 17.2 Å². The first-order valence-electron chi connectivity index (χ1n) is 4.27. The maximum absolute atomic E-state index is 8.90. The molecule has 2 aromatic heterocycles. The number of nitriles is 1. The third-order valence-corrected chi connectivity index (χ3v) is 2.16. The average Bonchev–Trinajstić information content (AvgIpc) is 2.30. The average molecular weight is 216 g/mol. The molecule has 0 fully saturated rings. The third-order valence-electron chi connectivity index (χ3n) is 1.95. The van der Waals surface area contributed by atoms with Crippen molar-refractivity contribution in [2.75, 3.05) is 0 Å². The molecule has 0 amide bonds. The van der Waals surface area contributed by atoms with Gasteiger partial charge in [-0.25, -0.2) is 4.98 Å². The molecule has 2 aromatic rings. The highest BCUT2D eigenvalue weighted by Gasteiger charge is 2.06. The van der Waals surface area contributed by atoms with Gasteiger partial charge in [0.05, 0.1) is 5.02 Å². The van der Waals surface area contributed by atoms with Gasteiger partial charge >= 0.3 is 0 Å². The number of hydrogen-bond acceptors (Lipinski definition) is 3. The molecule has 4 heteroatoms. The quantitative estimate of drug-likeness (QED) is 0.735. The second kappa shape index (κ2) is 4.07. The lowest BCUT2D eigenvalue weighted by Crippen LogP contribution is -1.88. The van der Waals surface area contributed by atoms with Gasteiger partial charge in [0.15, 0.2) is 0 Å². The summed E-state index contributed by atoms with van der Waals surface area (Å²) in [6.45, 7) is 0. The zero-order valence-electron chi connectivity index (χ0n) is 7.68. The van der Waals surface area contributed by atoms with Crippen LogP contribution in [0.3, 0.4) is 0 Å². The van der Waals surface area contributed by atoms with E-state index in [4.69, 9.17) is 16.9 Å². The molecule has 0 aliphatic carbocycles. The van der Waals surface area contributed by atoms with E-state index < -0.39 is 0 Å². The normalized spacial score (nSPS) is 9.60. The van der Waals surface area contributed by atoms with E-state index in [1.165, 1.54) is 6.20 Å². The van der Waals surface area contributed by atoms with Crippen LogP contribution in [0.1, 0.15) is 5.69 Å². The van der Waals surface area contributed by atoms with Crippen molar-refractivity contribution in [2.45, 2.75) is 0 Å². The third kappa shape index (κ3) is 1.95. The Balaban J connectivity index is 2.62. The molecule has 0 atom stereocenters. The van der Waals surface area contributed by atoms with Crippen LogP contribution in [0.25, 0.3) is 11.1 Å². The molecule has 2 heterocycles. The zero-order valence-corrected chi connectivity index (χ0v) is 8.44. The number of pyridine rings is 2. The Morgan fingerprint density at radius 1 is 1.27 bits per heavy atom. The van der Waals surface area contributed by atoms with Gasteiger partial charge in [-0.2, -0.15) is 5.26 Å². The largest absolute Gasteiger partial charge is 0.265 e. The predicted molar refractivity (Wildman–Crippen MR) is 57.2 cm³/mol. The molecule has 0 aliphatic rings. The van der Waals surface area contributed by atoms with E-state index >= 15 is 0 Å². The number of nitrogens with zero attached hydrogens (tertiary/aromatic N) is 3. The molecular weight excluding hydrogens is 210 g/mol. The van der Waals surface area contributed by atoms with Crippen LogP contribution in [-0.4, -0.2) is 9.97 Å². The van der Waals surface area contributed by atoms with Crippen LogP contribution < -0.4 is 0 Å². The van der Waals surface area contributed by atoms with E-state index in [1.54, 1.807) is 18.5 Å². The van der Waals surface area contributed by atoms with E-state index in [9.17, 15) is 0 Å². The first kappa shape index (κ1) is 9.63. The molecule has 15 heavy (non-hydrogen) atoms. The van der Waals surface area contributed by atoms with Crippen molar-refractivity contribution < 1.29 is 0 Å². The van der Waals surface area contributed by atoms with E-state index in [0.29, 0.717) is 10.7 Å². The Labute approximate surface area is 92.0 Å². The number of rotatable bonds is 1. The molecule has 0 unspecified atom stereocenters. The van der Waals surface area contributed by atoms with Crippen LogP contribution in [-0.2, 0) is 0 Å². The minimum absolute atomic E-state index is 0.366. The minimum Gasteiger partial charge on any atom is -0.265 e. The molecule has 0 aliphatic heterocycles. The van der Waals surface area contributed by atoms with Gasteiger partial charge in [0.2, 0.25) is 0 Å². The van der Waals surface area contributed by atoms with Crippen molar-refractivity contribution >= 4 is 11.6 Å². The van der Waals surface area contributed by atoms with Crippen molar-refractivity contribution in [3.05, 3.63) is 47.5 Å². The highest BCUT2D eigenvalue weighted by molar-refractivity contribution is 6.30. The summed E-state index contributed by atoms with van der Waals surface area (Å²) in [4.78, 5) is 7.87. The summed E-state index contributed by atoms with van der Waals surface area (Å²) in [7, 11) is 0. The lowest BCUT2D eigenvalue weighted by molar-refractivity contribution is 1.26. The summed E-state index contributed by atoms with van der Waals surface area (Å²) in [6, 6.07) is 7.38. The van der Waals surface area contributed by atoms with Gasteiger partial charge in [0.25, 0.3) is 0 Å². The van der Waals surface area contributed by atoms with E-state index in [2.05, 4.69) is 9.97 Å². The van der Waals surface area contributed by atoms with Gasteiger partial charge in [-0.3, -0.25) is 4.98 Å². The molecule has 2 rings (SSSR count). The Morgan fingerprint density at radius 3 is 2.67 bits per heavy atom. The smallest absolute Gasteiger partial charge is 0.148 e. The second-order valence-electron chi connectivity index (χ2n) is 2.90. The van der Waals surface area contributed by atoms with Crippen molar-refractivity contribution in [3.63, 3.8) is 0 Å². The SMILES string of the molecule is N#Cc1ncc(Cl)cc1-c1ccncc1. The number of halogens is 1. The zero-order chi connectivity index (χ0) is 10.7. The van der Waals surface area contributed by atoms with Crippen LogP contribution in [0.5, 0.6) is 0 Å². The van der Waals surface area contributed by atoms with E-state index in [0.717, 1.165) is 11.1 Å². The Hall–Kier alpha value is -1.92. The van der Waals surface area contributed by atoms with E-state index in [-0.39, 0.29) is 0 Å². The molecule has 3 nitrogen and oxygen atoms in total. The molecule has 0 bridgehead atoms. The maximum atomic E-state index is 8.90. The fraction of sp³-hybridized carbons (Fsp3) is 0. The van der Waals surface area contributed by atoms with Crippen molar-refractivity contribution in [1.82, 2.24) is 9.97 Å². The summed E-state index contributed by atoms with van der Waals surface area (Å²) in [5.41, 5.74) is 1.98. The summed E-state index contributed by atoms with van der Waals surface area (Å²) in [6.07, 6.45) is 4.79. The molecule has 0 saturated heterocycles. The Morgan fingerprint density at radius 2 is 2.00 bits per heavy atom. The monoisotopic (exact) mass is 215 g/mol. The first-order chi connectivity index (χ1) is 7.31. The van der Waals surface area contributed by atoms with Crippen LogP contribution >= 0.6 is 11.6 Å². The number of aromatic nitrogens is 2. The van der Waals surface area contributed by atoms with E-state index in [1.807, 2.05) is 18.2 Å². The number of hydrogen-bond donors (Lipinski definition) is 0. The first-order valence-corrected chi connectivity index (χ1v) is 4.65. The van der Waals surface area contributed by atoms with Gasteiger partial charge < -0.3 is 0 Å². The van der Waals surface area contributed by atoms with Crippen molar-refractivity contribution in [1.29, 1.82) is 5.26 Å². The summed E-state index contributed by atoms with van der Waals surface area (Å²) in [5.74, 6) is 0. The maximum Gasteiger partial charge on any atom is 0.148 e. The Kier molecular flexibility index (Phi) is 2.61. The summed E-state index contributed by atoms with van der Waals surface area (Å²) < 4.78 is 0. The molecule has 0 N–H and O–H groups in total. The fourth-order valence-electron chi connectivity index (χ4n) is 1.28. The predicted octanol–water partition coefficient (Wildman–Crippen LogP) is 2.67. The molecule has 0 spiro atoms. The van der Waals surface area contributed by atoms with Gasteiger partial charge in [0.1, 0.15) is 11.8 Å². The van der Waals surface area contributed by atoms with Crippen molar-refractivity contribution in [2.24, 2.45) is 0 Å². The highest BCUT2D eigenvalue weighted by Crippen LogP contribution is 2.24. The lowest BCUT2D eigenvalue weighted by atomic mass is 10.1. The molecular formula is C11H6ClN3. The van der Waals surface area contributed by atoms with Crippen LogP contribution in [0.15, 0.2) is 36.8 Å². The second-order valence-corrected chi connectivity index (χ2v) is 3.33. The minimum atomic E-state index is 0.366. The molecule has 72 valence electrons. The lowest BCUT2D eigenvalue weighted by Gasteiger charge is -2.02. The van der Waals surface area contributed by atoms with Crippen LogP contribution in [0.2, 0.25) is 5.02 Å². The van der Waals surface area contributed by atoms with Crippen LogP contribution in [0, 0.1) is 11.3 Å². The van der Waals surface area contributed by atoms with Gasteiger partial charge in [-0.05, 0) is 23.8 Å². The van der Waals surface area contributed by atoms with Gasteiger partial charge in [0, 0.05) is 24.2 Å².